The molecule has 0 amide bonds. The van der Waals surface area contributed by atoms with Crippen LogP contribution in [0, 0.1) is 6.92 Å². The fraction of sp³-hybridized carbons (Fsp3) is 0.647. The van der Waals surface area contributed by atoms with Gasteiger partial charge in [-0.1, -0.05) is 32.9 Å². The highest BCUT2D eigenvalue weighted by atomic mass is 16.5. The van der Waals surface area contributed by atoms with E-state index in [0.717, 1.165) is 13.1 Å². The summed E-state index contributed by atoms with van der Waals surface area (Å²) >= 11 is 0. The first-order valence-corrected chi connectivity index (χ1v) is 7.29. The van der Waals surface area contributed by atoms with Crippen LogP contribution >= 0.6 is 0 Å². The molecule has 1 aromatic carbocycles. The van der Waals surface area contributed by atoms with Crippen LogP contribution in [0.5, 0.6) is 0 Å². The number of ether oxygens (including phenoxy) is 1. The van der Waals surface area contributed by atoms with E-state index in [9.17, 15) is 0 Å². The zero-order chi connectivity index (χ0) is 14.2. The van der Waals surface area contributed by atoms with Crippen molar-refractivity contribution in [1.29, 1.82) is 0 Å². The average molecular weight is 261 g/mol. The van der Waals surface area contributed by atoms with Crippen molar-refractivity contribution in [2.45, 2.75) is 59.2 Å². The Morgan fingerprint density at radius 1 is 1.11 bits per heavy atom. The van der Waals surface area contributed by atoms with Crippen molar-refractivity contribution in [3.8, 4) is 0 Å². The summed E-state index contributed by atoms with van der Waals surface area (Å²) in [4.78, 5) is 2.46. The molecule has 0 N–H and O–H groups in total. The lowest BCUT2D eigenvalue weighted by atomic mass is 9.86. The molecule has 1 saturated heterocycles. The van der Waals surface area contributed by atoms with Crippen LogP contribution in [-0.2, 0) is 10.2 Å². The molecule has 0 aliphatic carbocycles. The largest absolute Gasteiger partial charge is 0.372 e. The van der Waals surface area contributed by atoms with Crippen LogP contribution < -0.4 is 4.90 Å². The molecule has 1 aliphatic rings. The molecular formula is C17H27NO. The van der Waals surface area contributed by atoms with Crippen LogP contribution in [0.1, 0.15) is 45.7 Å². The smallest absolute Gasteiger partial charge is 0.0726 e. The minimum Gasteiger partial charge on any atom is -0.372 e. The molecule has 0 bridgehead atoms. The van der Waals surface area contributed by atoms with Gasteiger partial charge >= 0.3 is 0 Å². The first kappa shape index (κ1) is 14.4. The Balaban J connectivity index is 2.26. The molecule has 1 aromatic rings. The maximum Gasteiger partial charge on any atom is 0.0726 e. The third-order valence-electron chi connectivity index (χ3n) is 3.82. The lowest BCUT2D eigenvalue weighted by Gasteiger charge is -2.38. The van der Waals surface area contributed by atoms with Gasteiger partial charge in [0.05, 0.1) is 12.2 Å². The van der Waals surface area contributed by atoms with Gasteiger partial charge in [-0.05, 0) is 43.4 Å². The van der Waals surface area contributed by atoms with Gasteiger partial charge in [-0.15, -0.1) is 0 Å². The first-order valence-electron chi connectivity index (χ1n) is 7.29. The molecule has 1 heterocycles. The fourth-order valence-corrected chi connectivity index (χ4v) is 2.85. The highest BCUT2D eigenvalue weighted by Crippen LogP contribution is 2.29. The summed E-state index contributed by atoms with van der Waals surface area (Å²) in [6.07, 6.45) is 0.621. The molecule has 1 aliphatic heterocycles. The van der Waals surface area contributed by atoms with Crippen LogP contribution in [-0.4, -0.2) is 25.3 Å². The maximum atomic E-state index is 5.81. The van der Waals surface area contributed by atoms with E-state index in [1.165, 1.54) is 16.8 Å². The van der Waals surface area contributed by atoms with Crippen molar-refractivity contribution in [3.05, 3.63) is 29.3 Å². The van der Waals surface area contributed by atoms with Gasteiger partial charge in [0.15, 0.2) is 0 Å². The number of morpholine rings is 1. The van der Waals surface area contributed by atoms with Crippen molar-refractivity contribution in [2.24, 2.45) is 0 Å². The summed E-state index contributed by atoms with van der Waals surface area (Å²) in [6.45, 7) is 15.3. The molecule has 0 saturated carbocycles. The van der Waals surface area contributed by atoms with Crippen molar-refractivity contribution in [1.82, 2.24) is 0 Å². The lowest BCUT2D eigenvalue weighted by molar-refractivity contribution is -0.00524. The van der Waals surface area contributed by atoms with Gasteiger partial charge in [-0.2, -0.15) is 0 Å². The Hall–Kier alpha value is -1.02. The number of aryl methyl sites for hydroxylation is 1. The predicted molar refractivity (Wildman–Crippen MR) is 82.1 cm³/mol. The minimum atomic E-state index is 0.217. The molecule has 0 aromatic heterocycles. The Morgan fingerprint density at radius 2 is 1.68 bits per heavy atom. The Kier molecular flexibility index (Phi) is 3.91. The van der Waals surface area contributed by atoms with Crippen molar-refractivity contribution >= 4 is 5.69 Å². The fourth-order valence-electron chi connectivity index (χ4n) is 2.85. The van der Waals surface area contributed by atoms with Gasteiger partial charge in [0.2, 0.25) is 0 Å². The molecule has 106 valence electrons. The molecule has 0 spiro atoms. The number of anilines is 1. The summed E-state index contributed by atoms with van der Waals surface area (Å²) in [6, 6.07) is 6.88. The van der Waals surface area contributed by atoms with E-state index >= 15 is 0 Å². The van der Waals surface area contributed by atoms with E-state index in [1.54, 1.807) is 0 Å². The molecule has 2 nitrogen and oxygen atoms in total. The second-order valence-electron chi connectivity index (χ2n) is 6.91. The molecular weight excluding hydrogens is 234 g/mol. The summed E-state index contributed by atoms with van der Waals surface area (Å²) in [7, 11) is 0. The van der Waals surface area contributed by atoms with Crippen molar-refractivity contribution in [3.63, 3.8) is 0 Å². The van der Waals surface area contributed by atoms with Crippen LogP contribution in [0.15, 0.2) is 18.2 Å². The standard InChI is InChI=1S/C17H27NO/c1-12-9-15(17(4,5)6)7-8-16(12)18-10-13(2)19-14(3)11-18/h7-9,13-14H,10-11H2,1-6H3. The van der Waals surface area contributed by atoms with Crippen molar-refractivity contribution < 1.29 is 4.74 Å². The Bertz CT molecular complexity index is 437. The van der Waals surface area contributed by atoms with Gasteiger partial charge in [0.25, 0.3) is 0 Å². The van der Waals surface area contributed by atoms with E-state index in [1.807, 2.05) is 0 Å². The van der Waals surface area contributed by atoms with Gasteiger partial charge in [0.1, 0.15) is 0 Å². The monoisotopic (exact) mass is 261 g/mol. The zero-order valence-corrected chi connectivity index (χ0v) is 13.2. The topological polar surface area (TPSA) is 12.5 Å². The van der Waals surface area contributed by atoms with E-state index in [-0.39, 0.29) is 5.41 Å². The van der Waals surface area contributed by atoms with E-state index in [4.69, 9.17) is 4.74 Å². The number of benzene rings is 1. The van der Waals surface area contributed by atoms with Crippen LogP contribution in [0.3, 0.4) is 0 Å². The van der Waals surface area contributed by atoms with Gasteiger partial charge < -0.3 is 9.64 Å². The molecule has 2 unspecified atom stereocenters. The molecule has 2 rings (SSSR count). The molecule has 2 atom stereocenters. The number of nitrogens with zero attached hydrogens (tertiary/aromatic N) is 1. The van der Waals surface area contributed by atoms with E-state index in [0.29, 0.717) is 12.2 Å². The lowest BCUT2D eigenvalue weighted by Crippen LogP contribution is -2.45. The Morgan fingerprint density at radius 3 is 2.16 bits per heavy atom. The minimum absolute atomic E-state index is 0.217. The number of hydrogen-bond acceptors (Lipinski definition) is 2. The van der Waals surface area contributed by atoms with Gasteiger partial charge in [-0.3, -0.25) is 0 Å². The summed E-state index contributed by atoms with van der Waals surface area (Å²) in [5.41, 5.74) is 4.35. The highest BCUT2D eigenvalue weighted by molar-refractivity contribution is 5.55. The van der Waals surface area contributed by atoms with E-state index in [2.05, 4.69) is 64.6 Å². The molecule has 0 radical (unpaired) electrons. The van der Waals surface area contributed by atoms with Crippen LogP contribution in [0.4, 0.5) is 5.69 Å². The second kappa shape index (κ2) is 5.16. The van der Waals surface area contributed by atoms with Gasteiger partial charge in [-0.25, -0.2) is 0 Å². The Labute approximate surface area is 117 Å². The number of hydrogen-bond donors (Lipinski definition) is 0. The molecule has 2 heteroatoms. The molecule has 1 fully saturated rings. The number of rotatable bonds is 1. The summed E-state index contributed by atoms with van der Waals surface area (Å²) in [5, 5.41) is 0. The van der Waals surface area contributed by atoms with Gasteiger partial charge in [0, 0.05) is 18.8 Å². The maximum absolute atomic E-state index is 5.81. The third kappa shape index (κ3) is 3.30. The van der Waals surface area contributed by atoms with Crippen LogP contribution in [0.25, 0.3) is 0 Å². The second-order valence-corrected chi connectivity index (χ2v) is 6.91. The first-order chi connectivity index (χ1) is 8.77. The summed E-state index contributed by atoms with van der Waals surface area (Å²) < 4.78 is 5.81. The SMILES string of the molecule is Cc1cc(C(C)(C)C)ccc1N1CC(C)OC(C)C1. The van der Waals surface area contributed by atoms with Crippen molar-refractivity contribution in [2.75, 3.05) is 18.0 Å². The third-order valence-corrected chi connectivity index (χ3v) is 3.82. The highest BCUT2D eigenvalue weighted by Gasteiger charge is 2.24. The normalized spacial score (nSPS) is 24.6. The van der Waals surface area contributed by atoms with Crippen LogP contribution in [0.2, 0.25) is 0 Å². The summed E-state index contributed by atoms with van der Waals surface area (Å²) in [5.74, 6) is 0. The quantitative estimate of drug-likeness (QED) is 0.760. The predicted octanol–water partition coefficient (Wildman–Crippen LogP) is 3.91. The van der Waals surface area contributed by atoms with E-state index < -0.39 is 0 Å². The molecule has 19 heavy (non-hydrogen) atoms. The average Bonchev–Trinajstić information content (AvgIpc) is 2.26. The zero-order valence-electron chi connectivity index (χ0n) is 13.2.